The smallest absolute Gasteiger partial charge is 0.266 e. The van der Waals surface area contributed by atoms with E-state index in [1.807, 2.05) is 60.0 Å². The SMILES string of the molecule is O=C(N/N=C/c1ccc(Sc2ccc(Cl)cc2)cc1)c1cccs1. The molecule has 0 atom stereocenters. The molecule has 0 aliphatic carbocycles. The molecule has 0 aliphatic rings. The number of rotatable bonds is 5. The van der Waals surface area contributed by atoms with E-state index in [1.54, 1.807) is 24.0 Å². The fourth-order valence-corrected chi connectivity index (χ4v) is 3.44. The Balaban J connectivity index is 1.57. The van der Waals surface area contributed by atoms with E-state index in [4.69, 9.17) is 11.6 Å². The van der Waals surface area contributed by atoms with Crippen LogP contribution in [0.2, 0.25) is 5.02 Å². The molecule has 6 heteroatoms. The molecule has 0 aliphatic heterocycles. The van der Waals surface area contributed by atoms with E-state index < -0.39 is 0 Å². The van der Waals surface area contributed by atoms with Crippen molar-refractivity contribution in [2.24, 2.45) is 5.10 Å². The fourth-order valence-electron chi connectivity index (χ4n) is 1.89. The molecule has 0 radical (unpaired) electrons. The Labute approximate surface area is 153 Å². The summed E-state index contributed by atoms with van der Waals surface area (Å²) in [4.78, 5) is 14.6. The molecular formula is C18H13ClN2OS2. The lowest BCUT2D eigenvalue weighted by atomic mass is 10.2. The summed E-state index contributed by atoms with van der Waals surface area (Å²) in [5.74, 6) is -0.198. The van der Waals surface area contributed by atoms with Crippen molar-refractivity contribution in [3.63, 3.8) is 0 Å². The Hall–Kier alpha value is -2.08. The zero-order chi connectivity index (χ0) is 16.8. The van der Waals surface area contributed by atoms with Crippen molar-refractivity contribution in [3.05, 3.63) is 81.5 Å². The highest BCUT2D eigenvalue weighted by molar-refractivity contribution is 7.99. The van der Waals surface area contributed by atoms with Crippen molar-refractivity contribution in [2.45, 2.75) is 9.79 Å². The van der Waals surface area contributed by atoms with Gasteiger partial charge in [0.1, 0.15) is 0 Å². The third-order valence-corrected chi connectivity index (χ3v) is 5.19. The Morgan fingerprint density at radius 1 is 1.04 bits per heavy atom. The molecule has 0 spiro atoms. The van der Waals surface area contributed by atoms with Gasteiger partial charge in [0.15, 0.2) is 0 Å². The van der Waals surface area contributed by atoms with E-state index in [0.29, 0.717) is 4.88 Å². The van der Waals surface area contributed by atoms with E-state index in [-0.39, 0.29) is 5.91 Å². The summed E-state index contributed by atoms with van der Waals surface area (Å²) in [7, 11) is 0. The van der Waals surface area contributed by atoms with Crippen LogP contribution in [0.4, 0.5) is 0 Å². The van der Waals surface area contributed by atoms with E-state index in [0.717, 1.165) is 20.4 Å². The van der Waals surface area contributed by atoms with Gasteiger partial charge < -0.3 is 0 Å². The minimum atomic E-state index is -0.198. The lowest BCUT2D eigenvalue weighted by molar-refractivity contribution is 0.0959. The molecule has 120 valence electrons. The number of benzene rings is 2. The number of hydrogen-bond acceptors (Lipinski definition) is 4. The maximum absolute atomic E-state index is 11.8. The second kappa shape index (κ2) is 8.15. The molecule has 1 heterocycles. The molecule has 0 bridgehead atoms. The minimum Gasteiger partial charge on any atom is -0.266 e. The Bertz CT molecular complexity index is 828. The predicted octanol–water partition coefficient (Wildman–Crippen LogP) is 5.32. The lowest BCUT2D eigenvalue weighted by Crippen LogP contribution is -2.16. The maximum Gasteiger partial charge on any atom is 0.281 e. The highest BCUT2D eigenvalue weighted by Gasteiger charge is 2.03. The van der Waals surface area contributed by atoms with E-state index in [2.05, 4.69) is 10.5 Å². The van der Waals surface area contributed by atoms with Gasteiger partial charge in [-0.05, 0) is 53.4 Å². The van der Waals surface area contributed by atoms with Gasteiger partial charge >= 0.3 is 0 Å². The summed E-state index contributed by atoms with van der Waals surface area (Å²) in [5.41, 5.74) is 3.43. The van der Waals surface area contributed by atoms with E-state index in [1.165, 1.54) is 11.3 Å². The molecule has 0 saturated heterocycles. The van der Waals surface area contributed by atoms with Crippen LogP contribution in [0.3, 0.4) is 0 Å². The first-order chi connectivity index (χ1) is 11.7. The number of carbonyl (C=O) groups excluding carboxylic acids is 1. The molecule has 24 heavy (non-hydrogen) atoms. The van der Waals surface area contributed by atoms with Crippen molar-refractivity contribution in [3.8, 4) is 0 Å². The molecule has 3 rings (SSSR count). The molecule has 1 amide bonds. The van der Waals surface area contributed by atoms with Crippen LogP contribution >= 0.6 is 34.7 Å². The Morgan fingerprint density at radius 3 is 2.33 bits per heavy atom. The first kappa shape index (κ1) is 16.8. The van der Waals surface area contributed by atoms with E-state index >= 15 is 0 Å². The summed E-state index contributed by atoms with van der Waals surface area (Å²) in [6, 6.07) is 19.3. The summed E-state index contributed by atoms with van der Waals surface area (Å²) >= 11 is 8.93. The van der Waals surface area contributed by atoms with Crippen LogP contribution in [0.5, 0.6) is 0 Å². The summed E-state index contributed by atoms with van der Waals surface area (Å²) < 4.78 is 0. The molecule has 3 aromatic rings. The molecule has 1 N–H and O–H groups in total. The number of carbonyl (C=O) groups is 1. The van der Waals surface area contributed by atoms with Gasteiger partial charge in [-0.1, -0.05) is 41.6 Å². The topological polar surface area (TPSA) is 41.5 Å². The normalized spacial score (nSPS) is 10.9. The van der Waals surface area contributed by atoms with Crippen LogP contribution in [0.15, 0.2) is 80.9 Å². The van der Waals surface area contributed by atoms with Gasteiger partial charge in [0.25, 0.3) is 5.91 Å². The van der Waals surface area contributed by atoms with Gasteiger partial charge in [-0.3, -0.25) is 4.79 Å². The summed E-state index contributed by atoms with van der Waals surface area (Å²) in [6.07, 6.45) is 1.63. The van der Waals surface area contributed by atoms with Crippen LogP contribution < -0.4 is 5.43 Å². The first-order valence-electron chi connectivity index (χ1n) is 7.11. The van der Waals surface area contributed by atoms with E-state index in [9.17, 15) is 4.79 Å². The van der Waals surface area contributed by atoms with Crippen molar-refractivity contribution >= 4 is 46.8 Å². The summed E-state index contributed by atoms with van der Waals surface area (Å²) in [6.45, 7) is 0. The van der Waals surface area contributed by atoms with Crippen LogP contribution in [-0.2, 0) is 0 Å². The van der Waals surface area contributed by atoms with Crippen LogP contribution in [-0.4, -0.2) is 12.1 Å². The van der Waals surface area contributed by atoms with Crippen molar-refractivity contribution < 1.29 is 4.79 Å². The third-order valence-electron chi connectivity index (χ3n) is 3.05. The number of hydrazone groups is 1. The molecule has 3 nitrogen and oxygen atoms in total. The number of hydrogen-bond donors (Lipinski definition) is 1. The first-order valence-corrected chi connectivity index (χ1v) is 9.18. The highest BCUT2D eigenvalue weighted by Crippen LogP contribution is 2.28. The van der Waals surface area contributed by atoms with Gasteiger partial charge in [0.2, 0.25) is 0 Å². The van der Waals surface area contributed by atoms with Gasteiger partial charge in [0.05, 0.1) is 11.1 Å². The second-order valence-electron chi connectivity index (χ2n) is 4.80. The third kappa shape index (κ3) is 4.71. The second-order valence-corrected chi connectivity index (χ2v) is 7.33. The molecule has 2 aromatic carbocycles. The van der Waals surface area contributed by atoms with Crippen molar-refractivity contribution in [1.82, 2.24) is 5.43 Å². The Morgan fingerprint density at radius 2 is 1.71 bits per heavy atom. The molecule has 1 aromatic heterocycles. The zero-order valence-electron chi connectivity index (χ0n) is 12.5. The van der Waals surface area contributed by atoms with Gasteiger partial charge in [0, 0.05) is 14.8 Å². The molecule has 0 fully saturated rings. The van der Waals surface area contributed by atoms with Crippen LogP contribution in [0.1, 0.15) is 15.2 Å². The molecular weight excluding hydrogens is 360 g/mol. The molecule has 0 saturated carbocycles. The largest absolute Gasteiger partial charge is 0.281 e. The highest BCUT2D eigenvalue weighted by atomic mass is 35.5. The number of thiophene rings is 1. The number of amides is 1. The monoisotopic (exact) mass is 372 g/mol. The lowest BCUT2D eigenvalue weighted by Gasteiger charge is -2.02. The fraction of sp³-hybridized carbons (Fsp3) is 0. The van der Waals surface area contributed by atoms with Crippen molar-refractivity contribution in [1.29, 1.82) is 0 Å². The number of nitrogens with zero attached hydrogens (tertiary/aromatic N) is 1. The minimum absolute atomic E-state index is 0.198. The van der Waals surface area contributed by atoms with Gasteiger partial charge in [-0.15, -0.1) is 11.3 Å². The zero-order valence-corrected chi connectivity index (χ0v) is 14.9. The average Bonchev–Trinajstić information content (AvgIpc) is 3.13. The standard InChI is InChI=1S/C18H13ClN2OS2/c19-14-5-9-16(10-6-14)24-15-7-3-13(4-8-15)12-20-21-18(22)17-2-1-11-23-17/h1-12H,(H,21,22)/b20-12+. The van der Waals surface area contributed by atoms with Crippen molar-refractivity contribution in [2.75, 3.05) is 0 Å². The molecule has 0 unspecified atom stereocenters. The maximum atomic E-state index is 11.8. The Kier molecular flexibility index (Phi) is 5.69. The quantitative estimate of drug-likeness (QED) is 0.486. The van der Waals surface area contributed by atoms with Crippen LogP contribution in [0, 0.1) is 0 Å². The van der Waals surface area contributed by atoms with Crippen LogP contribution in [0.25, 0.3) is 0 Å². The van der Waals surface area contributed by atoms with Gasteiger partial charge in [-0.25, -0.2) is 5.43 Å². The predicted molar refractivity (Wildman–Crippen MR) is 101 cm³/mol. The number of halogens is 1. The average molecular weight is 373 g/mol. The van der Waals surface area contributed by atoms with Gasteiger partial charge in [-0.2, -0.15) is 5.10 Å². The number of nitrogens with one attached hydrogen (secondary N) is 1. The summed E-state index contributed by atoms with van der Waals surface area (Å²) in [5, 5.41) is 6.57.